The van der Waals surface area contributed by atoms with Crippen molar-refractivity contribution in [3.05, 3.63) is 53.6 Å². The van der Waals surface area contributed by atoms with Crippen molar-refractivity contribution in [2.75, 3.05) is 23.3 Å². The van der Waals surface area contributed by atoms with E-state index < -0.39 is 39.7 Å². The molecule has 1 heterocycles. The Morgan fingerprint density at radius 1 is 1.06 bits per heavy atom. The number of fused-ring (bicyclic) bond motifs is 1. The second kappa shape index (κ2) is 9.85. The third-order valence-corrected chi connectivity index (χ3v) is 6.96. The zero-order chi connectivity index (χ0) is 26.0. The highest BCUT2D eigenvalue weighted by molar-refractivity contribution is 7.92. The lowest BCUT2D eigenvalue weighted by atomic mass is 9.94. The molecule has 0 unspecified atom stereocenters. The first-order valence-electron chi connectivity index (χ1n) is 11.3. The number of carbonyl (C=O) groups excluding carboxylic acids is 2. The minimum absolute atomic E-state index is 0.0660. The van der Waals surface area contributed by atoms with Crippen LogP contribution in [0.5, 0.6) is 0 Å². The van der Waals surface area contributed by atoms with Gasteiger partial charge in [0.1, 0.15) is 12.3 Å². The first-order valence-corrected chi connectivity index (χ1v) is 12.8. The number of nitrogens with one attached hydrogen (secondary N) is 2. The molecule has 2 aromatic rings. The van der Waals surface area contributed by atoms with Crippen molar-refractivity contribution in [2.45, 2.75) is 58.1 Å². The van der Waals surface area contributed by atoms with Crippen LogP contribution in [0.15, 0.2) is 47.4 Å². The Labute approximate surface area is 205 Å². The molecule has 35 heavy (non-hydrogen) atoms. The number of rotatable bonds is 6. The number of ether oxygens (including phenoxy) is 1. The van der Waals surface area contributed by atoms with Crippen LogP contribution in [0.4, 0.5) is 20.6 Å². The summed E-state index contributed by atoms with van der Waals surface area (Å²) in [5.41, 5.74) is 0.0813. The van der Waals surface area contributed by atoms with Crippen LogP contribution in [-0.2, 0) is 32.5 Å². The SMILES string of the molecule is CC(C)(C)OC(=O)N1CCc2cccc(S(=O)(=O)Nc3cccc(NC(=O)C(C)(C)CF)c3)c2C1. The molecular weight excluding hydrogens is 473 g/mol. The lowest BCUT2D eigenvalue weighted by Crippen LogP contribution is -2.40. The second-order valence-electron chi connectivity index (χ2n) is 10.2. The molecule has 0 radical (unpaired) electrons. The molecule has 8 nitrogen and oxygen atoms in total. The first kappa shape index (κ1) is 26.5. The van der Waals surface area contributed by atoms with E-state index in [1.807, 2.05) is 6.07 Å². The van der Waals surface area contributed by atoms with Crippen LogP contribution in [-0.4, -0.2) is 44.1 Å². The Bertz CT molecular complexity index is 1220. The van der Waals surface area contributed by atoms with E-state index in [0.717, 1.165) is 5.56 Å². The van der Waals surface area contributed by atoms with Crippen molar-refractivity contribution in [1.82, 2.24) is 4.90 Å². The molecule has 2 aromatic carbocycles. The topological polar surface area (TPSA) is 105 Å². The van der Waals surface area contributed by atoms with Crippen LogP contribution in [0.25, 0.3) is 0 Å². The van der Waals surface area contributed by atoms with E-state index in [4.69, 9.17) is 4.74 Å². The van der Waals surface area contributed by atoms with Gasteiger partial charge in [0.2, 0.25) is 5.91 Å². The summed E-state index contributed by atoms with van der Waals surface area (Å²) in [6.45, 7) is 7.99. The summed E-state index contributed by atoms with van der Waals surface area (Å²) in [6, 6.07) is 11.2. The predicted molar refractivity (Wildman–Crippen MR) is 132 cm³/mol. The number of hydrogen-bond acceptors (Lipinski definition) is 5. The van der Waals surface area contributed by atoms with Crippen LogP contribution in [0.1, 0.15) is 45.7 Å². The van der Waals surface area contributed by atoms with Crippen LogP contribution in [0.3, 0.4) is 0 Å². The monoisotopic (exact) mass is 505 g/mol. The maximum absolute atomic E-state index is 13.3. The van der Waals surface area contributed by atoms with Crippen molar-refractivity contribution < 1.29 is 27.1 Å². The van der Waals surface area contributed by atoms with Gasteiger partial charge >= 0.3 is 6.09 Å². The van der Waals surface area contributed by atoms with Crippen molar-refractivity contribution in [2.24, 2.45) is 5.41 Å². The summed E-state index contributed by atoms with van der Waals surface area (Å²) >= 11 is 0. The van der Waals surface area contributed by atoms with E-state index in [9.17, 15) is 22.4 Å². The van der Waals surface area contributed by atoms with Crippen LogP contribution < -0.4 is 10.0 Å². The number of halogens is 1. The standard InChI is InChI=1S/C25H32FN3O5S/c1-24(2,3)34-23(31)29-13-12-17-8-6-11-21(20(17)15-29)35(32,33)28-19-10-7-9-18(14-19)27-22(30)25(4,5)16-26/h6-11,14,28H,12-13,15-16H2,1-5H3,(H,27,30). The number of carbonyl (C=O) groups is 2. The number of nitrogens with zero attached hydrogens (tertiary/aromatic N) is 1. The lowest BCUT2D eigenvalue weighted by Gasteiger charge is -2.32. The fourth-order valence-corrected chi connectivity index (χ4v) is 4.84. The molecule has 3 rings (SSSR count). The van der Waals surface area contributed by atoms with Crippen molar-refractivity contribution >= 4 is 33.4 Å². The van der Waals surface area contributed by atoms with Gasteiger partial charge in [0.05, 0.1) is 22.5 Å². The summed E-state index contributed by atoms with van der Waals surface area (Å²) in [7, 11) is -4.02. The van der Waals surface area contributed by atoms with Gasteiger partial charge in [-0.15, -0.1) is 0 Å². The number of alkyl halides is 1. The number of anilines is 2. The number of amides is 2. The lowest BCUT2D eigenvalue weighted by molar-refractivity contribution is -0.124. The Hall–Kier alpha value is -3.14. The van der Waals surface area contributed by atoms with Crippen molar-refractivity contribution in [3.63, 3.8) is 0 Å². The third kappa shape index (κ3) is 6.50. The van der Waals surface area contributed by atoms with Crippen molar-refractivity contribution in [1.29, 1.82) is 0 Å². The predicted octanol–water partition coefficient (Wildman–Crippen LogP) is 4.71. The van der Waals surface area contributed by atoms with Gasteiger partial charge in [0.15, 0.2) is 0 Å². The van der Waals surface area contributed by atoms with E-state index in [-0.39, 0.29) is 17.1 Å². The van der Waals surface area contributed by atoms with Crippen LogP contribution in [0, 0.1) is 5.41 Å². The number of hydrogen-bond donors (Lipinski definition) is 2. The third-order valence-electron chi connectivity index (χ3n) is 5.49. The molecule has 0 saturated carbocycles. The molecule has 0 fully saturated rings. The molecule has 0 bridgehead atoms. The minimum atomic E-state index is -4.02. The molecule has 2 N–H and O–H groups in total. The first-order chi connectivity index (χ1) is 16.2. The largest absolute Gasteiger partial charge is 0.444 e. The van der Waals surface area contributed by atoms with Gasteiger partial charge in [0, 0.05) is 12.2 Å². The Morgan fingerprint density at radius 3 is 2.37 bits per heavy atom. The minimum Gasteiger partial charge on any atom is -0.444 e. The van der Waals surface area contributed by atoms with Crippen LogP contribution in [0.2, 0.25) is 0 Å². The second-order valence-corrected chi connectivity index (χ2v) is 11.9. The highest BCUT2D eigenvalue weighted by Crippen LogP contribution is 2.29. The van der Waals surface area contributed by atoms with Crippen LogP contribution >= 0.6 is 0 Å². The molecule has 0 aliphatic carbocycles. The molecule has 1 aliphatic heterocycles. The van der Waals surface area contributed by atoms with Gasteiger partial charge in [-0.05, 0) is 76.4 Å². The number of sulfonamides is 1. The van der Waals surface area contributed by atoms with E-state index in [2.05, 4.69) is 10.0 Å². The normalized spacial score (nSPS) is 14.2. The number of benzene rings is 2. The summed E-state index contributed by atoms with van der Waals surface area (Å²) < 4.78 is 47.8. The van der Waals surface area contributed by atoms with Gasteiger partial charge in [-0.1, -0.05) is 18.2 Å². The molecule has 0 saturated heterocycles. The van der Waals surface area contributed by atoms with Gasteiger partial charge in [-0.2, -0.15) is 0 Å². The summed E-state index contributed by atoms with van der Waals surface area (Å²) in [5.74, 6) is -0.514. The Kier molecular flexibility index (Phi) is 7.45. The summed E-state index contributed by atoms with van der Waals surface area (Å²) in [5, 5.41) is 2.61. The molecule has 0 aromatic heterocycles. The van der Waals surface area contributed by atoms with Gasteiger partial charge in [0.25, 0.3) is 10.0 Å². The molecule has 190 valence electrons. The van der Waals surface area contributed by atoms with E-state index in [1.165, 1.54) is 30.9 Å². The van der Waals surface area contributed by atoms with Gasteiger partial charge in [-0.3, -0.25) is 9.52 Å². The quantitative estimate of drug-likeness (QED) is 0.591. The fraction of sp³-hybridized carbons (Fsp3) is 0.440. The summed E-state index contributed by atoms with van der Waals surface area (Å²) in [6.07, 6.45) is 0.00652. The molecule has 1 aliphatic rings. The Balaban J connectivity index is 1.83. The van der Waals surface area contributed by atoms with Gasteiger partial charge < -0.3 is 15.0 Å². The maximum Gasteiger partial charge on any atom is 0.410 e. The fourth-order valence-electron chi connectivity index (χ4n) is 3.52. The molecule has 0 spiro atoms. The Morgan fingerprint density at radius 2 is 1.71 bits per heavy atom. The maximum atomic E-state index is 13.3. The average molecular weight is 506 g/mol. The molecule has 10 heteroatoms. The van der Waals surface area contributed by atoms with Crippen molar-refractivity contribution in [3.8, 4) is 0 Å². The van der Waals surface area contributed by atoms with E-state index in [0.29, 0.717) is 24.2 Å². The van der Waals surface area contributed by atoms with Gasteiger partial charge in [-0.25, -0.2) is 17.6 Å². The summed E-state index contributed by atoms with van der Waals surface area (Å²) in [4.78, 5) is 26.4. The highest BCUT2D eigenvalue weighted by atomic mass is 32.2. The highest BCUT2D eigenvalue weighted by Gasteiger charge is 2.30. The zero-order valence-electron chi connectivity index (χ0n) is 20.6. The van der Waals surface area contributed by atoms with E-state index >= 15 is 0 Å². The zero-order valence-corrected chi connectivity index (χ0v) is 21.5. The molecule has 0 atom stereocenters. The average Bonchev–Trinajstić information content (AvgIpc) is 2.77. The molecule has 2 amide bonds. The van der Waals surface area contributed by atoms with E-state index in [1.54, 1.807) is 45.0 Å². The molecular formula is C25H32FN3O5S. The smallest absolute Gasteiger partial charge is 0.410 e.